The lowest BCUT2D eigenvalue weighted by atomic mass is 10.2. The van der Waals surface area contributed by atoms with E-state index < -0.39 is 5.91 Å². The maximum Gasteiger partial charge on any atom is 0.242 e. The maximum absolute atomic E-state index is 13.6. The number of nitrogens with zero attached hydrogens (tertiary/aromatic N) is 1. The van der Waals surface area contributed by atoms with Gasteiger partial charge in [-0.2, -0.15) is 0 Å². The van der Waals surface area contributed by atoms with Crippen molar-refractivity contribution < 1.29 is 14.0 Å². The second-order valence-electron chi connectivity index (χ2n) is 4.14. The van der Waals surface area contributed by atoms with Gasteiger partial charge in [0, 0.05) is 18.7 Å². The zero-order valence-electron chi connectivity index (χ0n) is 11.1. The van der Waals surface area contributed by atoms with Crippen LogP contribution in [0.3, 0.4) is 0 Å². The summed E-state index contributed by atoms with van der Waals surface area (Å²) in [4.78, 5) is 24.4. The van der Waals surface area contributed by atoms with Gasteiger partial charge in [-0.25, -0.2) is 4.39 Å². The van der Waals surface area contributed by atoms with Gasteiger partial charge in [-0.05, 0) is 6.07 Å². The van der Waals surface area contributed by atoms with Crippen molar-refractivity contribution in [2.45, 2.75) is 6.54 Å². The number of hydrogen-bond acceptors (Lipinski definition) is 3. The zero-order chi connectivity index (χ0) is 15.0. The normalized spacial score (nSPS) is 9.90. The molecule has 0 spiro atoms. The number of nitrogens with one attached hydrogen (secondary N) is 1. The molecule has 1 aromatic rings. The van der Waals surface area contributed by atoms with E-state index in [1.165, 1.54) is 11.0 Å². The quantitative estimate of drug-likeness (QED) is 0.710. The van der Waals surface area contributed by atoms with Gasteiger partial charge in [0.15, 0.2) is 0 Å². The van der Waals surface area contributed by atoms with Crippen LogP contribution in [-0.4, -0.2) is 36.3 Å². The molecule has 0 saturated carbocycles. The van der Waals surface area contributed by atoms with E-state index in [0.717, 1.165) is 0 Å². The van der Waals surface area contributed by atoms with E-state index in [1.807, 2.05) is 0 Å². The van der Waals surface area contributed by atoms with Crippen LogP contribution >= 0.6 is 0 Å². The molecule has 0 atom stereocenters. The lowest BCUT2D eigenvalue weighted by Gasteiger charge is -2.21. The number of carbonyl (C=O) groups excluding carboxylic acids is 2. The molecule has 20 heavy (non-hydrogen) atoms. The average Bonchev–Trinajstić information content (AvgIpc) is 2.46. The number of amides is 2. The van der Waals surface area contributed by atoms with Crippen molar-refractivity contribution in [3.63, 3.8) is 0 Å². The number of rotatable bonds is 7. The van der Waals surface area contributed by atoms with Gasteiger partial charge in [0.05, 0.1) is 13.1 Å². The SMILES string of the molecule is C=CCN(Cc1ccccc1F)C(=O)CNC(=O)CN. The standard InChI is InChI=1S/C14H18FN3O2/c1-2-7-18(14(20)9-17-13(19)8-16)10-11-5-3-4-6-12(11)15/h2-6H,1,7-10,16H2,(H,17,19). The highest BCUT2D eigenvalue weighted by atomic mass is 19.1. The topological polar surface area (TPSA) is 75.4 Å². The molecule has 2 amide bonds. The zero-order valence-corrected chi connectivity index (χ0v) is 11.1. The predicted octanol–water partition coefficient (Wildman–Crippen LogP) is 0.415. The molecule has 0 radical (unpaired) electrons. The van der Waals surface area contributed by atoms with Crippen LogP contribution in [0.2, 0.25) is 0 Å². The number of halogens is 1. The Hall–Kier alpha value is -2.21. The molecular formula is C14H18FN3O2. The third-order valence-corrected chi connectivity index (χ3v) is 2.64. The molecule has 0 aliphatic rings. The second kappa shape index (κ2) is 8.06. The van der Waals surface area contributed by atoms with Gasteiger partial charge in [-0.3, -0.25) is 9.59 Å². The Morgan fingerprint density at radius 3 is 2.70 bits per heavy atom. The van der Waals surface area contributed by atoms with Crippen LogP contribution in [0.25, 0.3) is 0 Å². The van der Waals surface area contributed by atoms with Crippen LogP contribution in [0.4, 0.5) is 4.39 Å². The van der Waals surface area contributed by atoms with Gasteiger partial charge in [0.1, 0.15) is 5.82 Å². The van der Waals surface area contributed by atoms with Crippen molar-refractivity contribution in [1.82, 2.24) is 10.2 Å². The van der Waals surface area contributed by atoms with Gasteiger partial charge in [0.25, 0.3) is 0 Å². The van der Waals surface area contributed by atoms with E-state index in [1.54, 1.807) is 24.3 Å². The third-order valence-electron chi connectivity index (χ3n) is 2.64. The van der Waals surface area contributed by atoms with Gasteiger partial charge >= 0.3 is 0 Å². The molecule has 0 aliphatic heterocycles. The molecule has 3 N–H and O–H groups in total. The predicted molar refractivity (Wildman–Crippen MR) is 74.1 cm³/mol. The summed E-state index contributed by atoms with van der Waals surface area (Å²) in [5.41, 5.74) is 5.54. The molecule has 1 aromatic carbocycles. The molecule has 0 aromatic heterocycles. The number of nitrogens with two attached hydrogens (primary N) is 1. The van der Waals surface area contributed by atoms with Crippen molar-refractivity contribution in [3.05, 3.63) is 48.3 Å². The fraction of sp³-hybridized carbons (Fsp3) is 0.286. The Labute approximate surface area is 117 Å². The summed E-state index contributed by atoms with van der Waals surface area (Å²) in [6, 6.07) is 6.23. The molecule has 5 nitrogen and oxygen atoms in total. The van der Waals surface area contributed by atoms with Gasteiger partial charge in [0.2, 0.25) is 11.8 Å². The van der Waals surface area contributed by atoms with E-state index in [2.05, 4.69) is 11.9 Å². The first-order valence-corrected chi connectivity index (χ1v) is 6.17. The van der Waals surface area contributed by atoms with E-state index in [0.29, 0.717) is 5.56 Å². The summed E-state index contributed by atoms with van der Waals surface area (Å²) >= 11 is 0. The highest BCUT2D eigenvalue weighted by molar-refractivity contribution is 5.85. The van der Waals surface area contributed by atoms with Crippen LogP contribution in [0.5, 0.6) is 0 Å². The molecule has 0 fully saturated rings. The van der Waals surface area contributed by atoms with Crippen LogP contribution in [0.1, 0.15) is 5.56 Å². The maximum atomic E-state index is 13.6. The first kappa shape index (κ1) is 15.8. The van der Waals surface area contributed by atoms with Crippen molar-refractivity contribution in [1.29, 1.82) is 0 Å². The first-order valence-electron chi connectivity index (χ1n) is 6.17. The van der Waals surface area contributed by atoms with E-state index >= 15 is 0 Å². The molecular weight excluding hydrogens is 261 g/mol. The van der Waals surface area contributed by atoms with Crippen molar-refractivity contribution in [2.75, 3.05) is 19.6 Å². The Morgan fingerprint density at radius 2 is 2.10 bits per heavy atom. The average molecular weight is 279 g/mol. The van der Waals surface area contributed by atoms with Crippen LogP contribution in [-0.2, 0) is 16.1 Å². The highest BCUT2D eigenvalue weighted by Crippen LogP contribution is 2.10. The molecule has 0 unspecified atom stereocenters. The minimum absolute atomic E-state index is 0.121. The molecule has 0 heterocycles. The minimum atomic E-state index is -0.414. The fourth-order valence-corrected chi connectivity index (χ4v) is 1.60. The summed E-state index contributed by atoms with van der Waals surface area (Å²) in [6.45, 7) is 3.61. The largest absolute Gasteiger partial charge is 0.346 e. The number of benzene rings is 1. The summed E-state index contributed by atoms with van der Waals surface area (Å²) in [5, 5.41) is 2.39. The lowest BCUT2D eigenvalue weighted by molar-refractivity contribution is -0.132. The van der Waals surface area contributed by atoms with E-state index in [-0.39, 0.29) is 37.9 Å². The summed E-state index contributed by atoms with van der Waals surface area (Å²) in [6.07, 6.45) is 1.55. The number of carbonyl (C=O) groups is 2. The monoisotopic (exact) mass is 279 g/mol. The summed E-state index contributed by atoms with van der Waals surface area (Å²) < 4.78 is 13.6. The summed E-state index contributed by atoms with van der Waals surface area (Å²) in [5.74, 6) is -1.11. The molecule has 0 saturated heterocycles. The molecule has 6 heteroatoms. The smallest absolute Gasteiger partial charge is 0.242 e. The molecule has 1 rings (SSSR count). The molecule has 108 valence electrons. The van der Waals surface area contributed by atoms with E-state index in [9.17, 15) is 14.0 Å². The Kier molecular flexibility index (Phi) is 6.39. The van der Waals surface area contributed by atoms with Crippen molar-refractivity contribution in [3.8, 4) is 0 Å². The fourth-order valence-electron chi connectivity index (χ4n) is 1.60. The summed E-state index contributed by atoms with van der Waals surface area (Å²) in [7, 11) is 0. The van der Waals surface area contributed by atoms with Gasteiger partial charge in [-0.15, -0.1) is 6.58 Å². The lowest BCUT2D eigenvalue weighted by Crippen LogP contribution is -2.41. The molecule has 0 aliphatic carbocycles. The Balaban J connectivity index is 2.68. The van der Waals surface area contributed by atoms with E-state index in [4.69, 9.17) is 5.73 Å². The van der Waals surface area contributed by atoms with Crippen LogP contribution in [0, 0.1) is 5.82 Å². The second-order valence-corrected chi connectivity index (χ2v) is 4.14. The Morgan fingerprint density at radius 1 is 1.40 bits per heavy atom. The molecule has 0 bridgehead atoms. The first-order chi connectivity index (χ1) is 9.58. The van der Waals surface area contributed by atoms with Crippen molar-refractivity contribution >= 4 is 11.8 Å². The highest BCUT2D eigenvalue weighted by Gasteiger charge is 2.15. The van der Waals surface area contributed by atoms with Crippen LogP contribution < -0.4 is 11.1 Å². The minimum Gasteiger partial charge on any atom is -0.346 e. The van der Waals surface area contributed by atoms with Gasteiger partial charge < -0.3 is 16.0 Å². The van der Waals surface area contributed by atoms with Gasteiger partial charge in [-0.1, -0.05) is 24.3 Å². The third kappa shape index (κ3) is 4.81. The van der Waals surface area contributed by atoms with Crippen LogP contribution in [0.15, 0.2) is 36.9 Å². The number of hydrogen-bond donors (Lipinski definition) is 2. The van der Waals surface area contributed by atoms with Crippen molar-refractivity contribution in [2.24, 2.45) is 5.73 Å². The Bertz CT molecular complexity index is 491.